The molecule has 0 fully saturated rings. The van der Waals surface area contributed by atoms with Crippen molar-refractivity contribution in [3.8, 4) is 5.75 Å². The molecular weight excluding hydrogens is 323 g/mol. The van der Waals surface area contributed by atoms with E-state index in [0.717, 1.165) is 24.3 Å². The van der Waals surface area contributed by atoms with Crippen LogP contribution >= 0.6 is 0 Å². The number of benzene rings is 2. The van der Waals surface area contributed by atoms with Gasteiger partial charge in [0.2, 0.25) is 9.84 Å². The highest BCUT2D eigenvalue weighted by Gasteiger charge is 2.24. The smallest absolute Gasteiger partial charge is 0.355 e. The van der Waals surface area contributed by atoms with Gasteiger partial charge in [0.1, 0.15) is 5.82 Å². The first-order valence-electron chi connectivity index (χ1n) is 6.55. The monoisotopic (exact) mass is 334 g/mol. The molecule has 0 N–H and O–H groups in total. The van der Waals surface area contributed by atoms with Crippen LogP contribution in [-0.4, -0.2) is 15.5 Å². The van der Waals surface area contributed by atoms with Gasteiger partial charge in [-0.2, -0.15) is 0 Å². The maximum Gasteiger partial charge on any atom is 0.355 e. The Hall–Kier alpha value is -2.67. The highest BCUT2D eigenvalue weighted by molar-refractivity contribution is 7.91. The van der Waals surface area contributed by atoms with Gasteiger partial charge in [-0.3, -0.25) is 0 Å². The maximum atomic E-state index is 13.0. The lowest BCUT2D eigenvalue weighted by Gasteiger charge is -2.07. The molecule has 0 bridgehead atoms. The van der Waals surface area contributed by atoms with Gasteiger partial charge >= 0.3 is 5.63 Å². The number of hydrogen-bond donors (Lipinski definition) is 0. The quantitative estimate of drug-likeness (QED) is 0.544. The zero-order valence-corrected chi connectivity index (χ0v) is 12.8. The summed E-state index contributed by atoms with van der Waals surface area (Å²) in [5, 5.41) is 0.407. The van der Waals surface area contributed by atoms with Crippen molar-refractivity contribution in [2.45, 2.75) is 9.79 Å². The third-order valence-electron chi connectivity index (χ3n) is 3.33. The Morgan fingerprint density at radius 1 is 1.09 bits per heavy atom. The van der Waals surface area contributed by atoms with Gasteiger partial charge in [-0.25, -0.2) is 17.6 Å². The number of para-hydroxylation sites is 1. The van der Waals surface area contributed by atoms with E-state index in [1.807, 2.05) is 0 Å². The summed E-state index contributed by atoms with van der Waals surface area (Å²) in [6, 6.07) is 10.3. The summed E-state index contributed by atoms with van der Waals surface area (Å²) in [6.07, 6.45) is 0. The fourth-order valence-corrected chi connectivity index (χ4v) is 3.48. The second kappa shape index (κ2) is 5.51. The van der Waals surface area contributed by atoms with Crippen LogP contribution in [0.3, 0.4) is 0 Å². The highest BCUT2D eigenvalue weighted by atomic mass is 32.2. The van der Waals surface area contributed by atoms with Crippen LogP contribution in [-0.2, 0) is 9.84 Å². The predicted molar refractivity (Wildman–Crippen MR) is 80.9 cm³/mol. The second-order valence-electron chi connectivity index (χ2n) is 4.73. The number of methoxy groups -OCH3 is 1. The van der Waals surface area contributed by atoms with Crippen LogP contribution in [0.2, 0.25) is 0 Å². The van der Waals surface area contributed by atoms with E-state index in [2.05, 4.69) is 0 Å². The summed E-state index contributed by atoms with van der Waals surface area (Å²) < 4.78 is 48.3. The molecule has 0 aliphatic carbocycles. The largest absolute Gasteiger partial charge is 0.493 e. The second-order valence-corrected chi connectivity index (χ2v) is 6.65. The number of sulfone groups is 1. The first-order valence-corrected chi connectivity index (χ1v) is 8.03. The Balaban J connectivity index is 2.26. The van der Waals surface area contributed by atoms with Crippen LogP contribution in [0.1, 0.15) is 0 Å². The molecule has 0 aliphatic rings. The summed E-state index contributed by atoms with van der Waals surface area (Å²) in [5.41, 5.74) is -0.843. The molecule has 2 aromatic carbocycles. The van der Waals surface area contributed by atoms with Gasteiger partial charge in [0.25, 0.3) is 0 Å². The van der Waals surface area contributed by atoms with Crippen LogP contribution in [0.25, 0.3) is 11.0 Å². The zero-order valence-electron chi connectivity index (χ0n) is 11.9. The van der Waals surface area contributed by atoms with Crippen molar-refractivity contribution < 1.29 is 22.0 Å². The Morgan fingerprint density at radius 3 is 2.43 bits per heavy atom. The molecule has 0 unspecified atom stereocenters. The lowest BCUT2D eigenvalue weighted by atomic mass is 10.2. The third-order valence-corrected chi connectivity index (χ3v) is 5.08. The molecule has 0 spiro atoms. The Bertz CT molecular complexity index is 1040. The van der Waals surface area contributed by atoms with Crippen LogP contribution in [0.5, 0.6) is 5.75 Å². The van der Waals surface area contributed by atoms with Gasteiger partial charge in [0.05, 0.1) is 12.0 Å². The third kappa shape index (κ3) is 2.59. The van der Waals surface area contributed by atoms with E-state index in [-0.39, 0.29) is 10.5 Å². The first kappa shape index (κ1) is 15.2. The van der Waals surface area contributed by atoms with Crippen molar-refractivity contribution in [2.75, 3.05) is 7.11 Å². The minimum absolute atomic E-state index is 0.165. The predicted octanol–water partition coefficient (Wildman–Crippen LogP) is 2.77. The fraction of sp³-hybridized carbons (Fsp3) is 0.0625. The number of ether oxygens (including phenoxy) is 1. The minimum atomic E-state index is -4.11. The maximum absolute atomic E-state index is 13.0. The molecule has 0 radical (unpaired) electrons. The van der Waals surface area contributed by atoms with Crippen LogP contribution in [0.15, 0.2) is 67.5 Å². The van der Waals surface area contributed by atoms with Gasteiger partial charge in [-0.1, -0.05) is 12.1 Å². The van der Waals surface area contributed by atoms with Crippen molar-refractivity contribution in [1.82, 2.24) is 0 Å². The summed E-state index contributed by atoms with van der Waals surface area (Å²) in [4.78, 5) is 11.4. The van der Waals surface area contributed by atoms with Gasteiger partial charge in [-0.15, -0.1) is 0 Å². The van der Waals surface area contributed by atoms with Crippen molar-refractivity contribution in [1.29, 1.82) is 0 Å². The minimum Gasteiger partial charge on any atom is -0.493 e. The molecule has 118 valence electrons. The summed E-state index contributed by atoms with van der Waals surface area (Å²) in [5.74, 6) is -0.246. The van der Waals surface area contributed by atoms with E-state index in [1.165, 1.54) is 13.2 Å². The summed E-state index contributed by atoms with van der Waals surface area (Å²) in [7, 11) is -2.70. The fourth-order valence-electron chi connectivity index (χ4n) is 2.19. The van der Waals surface area contributed by atoms with Crippen LogP contribution < -0.4 is 10.4 Å². The van der Waals surface area contributed by atoms with Crippen LogP contribution in [0, 0.1) is 5.82 Å². The lowest BCUT2D eigenvalue weighted by molar-refractivity contribution is 0.405. The molecule has 5 nitrogen and oxygen atoms in total. The molecule has 1 heterocycles. The van der Waals surface area contributed by atoms with E-state index in [1.54, 1.807) is 18.2 Å². The number of rotatable bonds is 3. The molecule has 3 aromatic rings. The van der Waals surface area contributed by atoms with E-state index >= 15 is 0 Å². The standard InChI is InChI=1S/C16H11FO5S/c1-21-13-4-2-3-10-9-14(16(18)22-15(10)13)23(19,20)12-7-5-11(17)6-8-12/h2-9H,1H3. The SMILES string of the molecule is COc1cccc2cc(S(=O)(=O)c3ccc(F)cc3)c(=O)oc12. The summed E-state index contributed by atoms with van der Waals surface area (Å²) >= 11 is 0. The first-order chi connectivity index (χ1) is 10.9. The van der Waals surface area contributed by atoms with E-state index in [9.17, 15) is 17.6 Å². The van der Waals surface area contributed by atoms with Gasteiger partial charge < -0.3 is 9.15 Å². The average molecular weight is 334 g/mol. The van der Waals surface area contributed by atoms with Crippen molar-refractivity contribution in [2.24, 2.45) is 0 Å². The van der Waals surface area contributed by atoms with E-state index < -0.39 is 26.2 Å². The van der Waals surface area contributed by atoms with Crippen LogP contribution in [0.4, 0.5) is 4.39 Å². The molecule has 7 heteroatoms. The molecule has 0 saturated heterocycles. The van der Waals surface area contributed by atoms with Crippen molar-refractivity contribution in [3.63, 3.8) is 0 Å². The molecule has 0 saturated carbocycles. The van der Waals surface area contributed by atoms with Crippen molar-refractivity contribution in [3.05, 3.63) is 64.8 Å². The number of fused-ring (bicyclic) bond motifs is 1. The highest BCUT2D eigenvalue weighted by Crippen LogP contribution is 2.27. The zero-order chi connectivity index (χ0) is 16.6. The van der Waals surface area contributed by atoms with Crippen molar-refractivity contribution >= 4 is 20.8 Å². The Labute approximate surface area is 130 Å². The Kier molecular flexibility index (Phi) is 3.65. The molecule has 23 heavy (non-hydrogen) atoms. The van der Waals surface area contributed by atoms with Gasteiger partial charge in [0.15, 0.2) is 16.2 Å². The van der Waals surface area contributed by atoms with Gasteiger partial charge in [-0.05, 0) is 36.4 Å². The molecular formula is C16H11FO5S. The average Bonchev–Trinajstić information content (AvgIpc) is 2.54. The van der Waals surface area contributed by atoms with E-state index in [0.29, 0.717) is 11.1 Å². The molecule has 3 rings (SSSR count). The summed E-state index contributed by atoms with van der Waals surface area (Å²) in [6.45, 7) is 0. The number of halogens is 1. The molecule has 0 aliphatic heterocycles. The Morgan fingerprint density at radius 2 is 1.78 bits per heavy atom. The lowest BCUT2D eigenvalue weighted by Crippen LogP contribution is -2.14. The molecule has 0 atom stereocenters. The topological polar surface area (TPSA) is 73.6 Å². The van der Waals surface area contributed by atoms with Gasteiger partial charge in [0, 0.05) is 5.39 Å². The van der Waals surface area contributed by atoms with E-state index in [4.69, 9.17) is 9.15 Å². The normalized spacial score (nSPS) is 11.6. The molecule has 0 amide bonds. The number of hydrogen-bond acceptors (Lipinski definition) is 5. The molecule has 1 aromatic heterocycles.